The van der Waals surface area contributed by atoms with E-state index in [0.29, 0.717) is 17.1 Å². The monoisotopic (exact) mass is 446 g/mol. The predicted octanol–water partition coefficient (Wildman–Crippen LogP) is 2.92. The molecule has 2 aromatic carbocycles. The van der Waals surface area contributed by atoms with Gasteiger partial charge in [0.05, 0.1) is 4.90 Å². The summed E-state index contributed by atoms with van der Waals surface area (Å²) >= 11 is 1.17. The Morgan fingerprint density at radius 2 is 1.63 bits per heavy atom. The van der Waals surface area contributed by atoms with Gasteiger partial charge in [-0.15, -0.1) is 11.3 Å². The first kappa shape index (κ1) is 21.3. The number of aromatic nitrogens is 1. The Balaban J connectivity index is 1.52. The van der Waals surface area contributed by atoms with Crippen LogP contribution in [0.25, 0.3) is 0 Å². The van der Waals surface area contributed by atoms with Gasteiger partial charge in [-0.3, -0.25) is 14.3 Å². The van der Waals surface area contributed by atoms with Crippen LogP contribution in [0.4, 0.5) is 16.5 Å². The Labute approximate surface area is 177 Å². The lowest BCUT2D eigenvalue weighted by Crippen LogP contribution is -2.20. The van der Waals surface area contributed by atoms with Crippen LogP contribution >= 0.6 is 11.3 Å². The topological polar surface area (TPSA) is 126 Å². The number of amides is 2. The summed E-state index contributed by atoms with van der Waals surface area (Å²) in [5.74, 6) is -0.118. The van der Waals surface area contributed by atoms with Gasteiger partial charge >= 0.3 is 0 Å². The van der Waals surface area contributed by atoms with Crippen molar-refractivity contribution in [1.29, 1.82) is 0 Å². The number of sulfonamides is 1. The number of ether oxygens (including phenoxy) is 1. The summed E-state index contributed by atoms with van der Waals surface area (Å²) in [4.78, 5) is 27.0. The number of benzene rings is 2. The molecule has 0 aliphatic carbocycles. The molecule has 3 aromatic rings. The Kier molecular flexibility index (Phi) is 6.65. The molecule has 0 saturated carbocycles. The van der Waals surface area contributed by atoms with Crippen molar-refractivity contribution < 1.29 is 22.7 Å². The number of thiazole rings is 1. The molecule has 0 saturated heterocycles. The van der Waals surface area contributed by atoms with Gasteiger partial charge in [-0.05, 0) is 48.5 Å². The highest BCUT2D eigenvalue weighted by atomic mass is 32.2. The normalized spacial score (nSPS) is 10.8. The molecule has 2 amide bonds. The lowest BCUT2D eigenvalue weighted by atomic mass is 10.3. The molecular formula is C19H18N4O5S2. The van der Waals surface area contributed by atoms with Crippen LogP contribution in [0.15, 0.2) is 65.0 Å². The zero-order chi connectivity index (χ0) is 21.6. The second-order valence-corrected chi connectivity index (χ2v) is 8.59. The van der Waals surface area contributed by atoms with Crippen LogP contribution in [0.2, 0.25) is 0 Å². The van der Waals surface area contributed by atoms with Crippen molar-refractivity contribution in [2.75, 3.05) is 22.0 Å². The molecule has 9 nitrogen and oxygen atoms in total. The Bertz CT molecular complexity index is 1110. The van der Waals surface area contributed by atoms with E-state index in [1.807, 2.05) is 0 Å². The smallest absolute Gasteiger partial charge is 0.263 e. The number of rotatable bonds is 8. The van der Waals surface area contributed by atoms with Gasteiger partial charge in [0.1, 0.15) is 5.75 Å². The minimum Gasteiger partial charge on any atom is -0.484 e. The highest BCUT2D eigenvalue weighted by Gasteiger charge is 2.15. The van der Waals surface area contributed by atoms with Crippen molar-refractivity contribution in [3.05, 3.63) is 60.1 Å². The van der Waals surface area contributed by atoms with Crippen molar-refractivity contribution in [2.24, 2.45) is 0 Å². The first-order valence-electron chi connectivity index (χ1n) is 8.64. The summed E-state index contributed by atoms with van der Waals surface area (Å²) in [7, 11) is -3.75. The van der Waals surface area contributed by atoms with E-state index >= 15 is 0 Å². The van der Waals surface area contributed by atoms with E-state index < -0.39 is 15.9 Å². The zero-order valence-electron chi connectivity index (χ0n) is 15.8. The molecule has 3 rings (SSSR count). The van der Waals surface area contributed by atoms with Crippen molar-refractivity contribution in [2.45, 2.75) is 11.8 Å². The second kappa shape index (κ2) is 9.37. The van der Waals surface area contributed by atoms with Gasteiger partial charge < -0.3 is 15.4 Å². The molecule has 0 aliphatic heterocycles. The first-order valence-corrected chi connectivity index (χ1v) is 11.0. The molecule has 1 heterocycles. The van der Waals surface area contributed by atoms with Gasteiger partial charge in [0.2, 0.25) is 5.91 Å². The Morgan fingerprint density at radius 1 is 1.00 bits per heavy atom. The van der Waals surface area contributed by atoms with E-state index in [-0.39, 0.29) is 22.5 Å². The van der Waals surface area contributed by atoms with Gasteiger partial charge in [0.25, 0.3) is 15.9 Å². The first-order chi connectivity index (χ1) is 14.3. The molecule has 30 heavy (non-hydrogen) atoms. The molecule has 11 heteroatoms. The second-order valence-electron chi connectivity index (χ2n) is 6.01. The van der Waals surface area contributed by atoms with Crippen LogP contribution < -0.4 is 20.1 Å². The number of nitrogens with one attached hydrogen (secondary N) is 3. The SMILES string of the molecule is CC(=O)Nc1ccc(OCC(=O)Nc2ccc(S(=O)(=O)Nc3nccs3)cc2)cc1. The van der Waals surface area contributed by atoms with Crippen LogP contribution in [0.1, 0.15) is 6.92 Å². The summed E-state index contributed by atoms with van der Waals surface area (Å²) < 4.78 is 32.4. The summed E-state index contributed by atoms with van der Waals surface area (Å²) in [5, 5.41) is 7.20. The molecule has 3 N–H and O–H groups in total. The van der Waals surface area contributed by atoms with E-state index in [1.165, 1.54) is 48.7 Å². The van der Waals surface area contributed by atoms with Crippen LogP contribution in [-0.4, -0.2) is 31.8 Å². The van der Waals surface area contributed by atoms with Crippen LogP contribution in [0.5, 0.6) is 5.75 Å². The maximum Gasteiger partial charge on any atom is 0.263 e. The zero-order valence-corrected chi connectivity index (χ0v) is 17.4. The predicted molar refractivity (Wildman–Crippen MR) is 114 cm³/mol. The third kappa shape index (κ3) is 6.03. The molecule has 1 aromatic heterocycles. The van der Waals surface area contributed by atoms with Gasteiger partial charge in [-0.1, -0.05) is 0 Å². The molecule has 0 unspecified atom stereocenters. The molecule has 156 valence electrons. The van der Waals surface area contributed by atoms with E-state index in [1.54, 1.807) is 29.6 Å². The van der Waals surface area contributed by atoms with Gasteiger partial charge in [0.15, 0.2) is 11.7 Å². The number of hydrogen-bond donors (Lipinski definition) is 3. The van der Waals surface area contributed by atoms with E-state index in [4.69, 9.17) is 4.74 Å². The lowest BCUT2D eigenvalue weighted by Gasteiger charge is -2.09. The van der Waals surface area contributed by atoms with Crippen molar-refractivity contribution in [3.63, 3.8) is 0 Å². The average Bonchev–Trinajstić information content (AvgIpc) is 3.20. The summed E-state index contributed by atoms with van der Waals surface area (Å²) in [6, 6.07) is 12.3. The van der Waals surface area contributed by atoms with Crippen molar-refractivity contribution in [3.8, 4) is 5.75 Å². The Hall–Kier alpha value is -3.44. The van der Waals surface area contributed by atoms with E-state index in [0.717, 1.165) is 0 Å². The number of anilines is 3. The van der Waals surface area contributed by atoms with Crippen LogP contribution in [0, 0.1) is 0 Å². The number of carbonyl (C=O) groups excluding carboxylic acids is 2. The van der Waals surface area contributed by atoms with Gasteiger partial charge in [-0.25, -0.2) is 13.4 Å². The molecule has 0 bridgehead atoms. The minimum atomic E-state index is -3.75. The van der Waals surface area contributed by atoms with Crippen LogP contribution in [-0.2, 0) is 19.6 Å². The minimum absolute atomic E-state index is 0.0474. The maximum atomic E-state index is 12.3. The molecule has 0 atom stereocenters. The van der Waals surface area contributed by atoms with E-state index in [9.17, 15) is 18.0 Å². The quantitative estimate of drug-likeness (QED) is 0.488. The lowest BCUT2D eigenvalue weighted by molar-refractivity contribution is -0.118. The van der Waals surface area contributed by atoms with Gasteiger partial charge in [0, 0.05) is 29.9 Å². The molecule has 0 spiro atoms. The number of carbonyl (C=O) groups is 2. The Morgan fingerprint density at radius 3 is 2.23 bits per heavy atom. The maximum absolute atomic E-state index is 12.3. The standard InChI is InChI=1S/C19H18N4O5S2/c1-13(24)21-14-2-6-16(7-3-14)28-12-18(25)22-15-4-8-17(9-5-15)30(26,27)23-19-20-10-11-29-19/h2-11H,12H2,1H3,(H,20,23)(H,21,24)(H,22,25). The van der Waals surface area contributed by atoms with E-state index in [2.05, 4.69) is 20.3 Å². The highest BCUT2D eigenvalue weighted by Crippen LogP contribution is 2.20. The largest absolute Gasteiger partial charge is 0.484 e. The fraction of sp³-hybridized carbons (Fsp3) is 0.105. The molecular weight excluding hydrogens is 428 g/mol. The summed E-state index contributed by atoms with van der Waals surface area (Å²) in [5.41, 5.74) is 1.05. The fourth-order valence-corrected chi connectivity index (χ4v) is 4.14. The number of hydrogen-bond acceptors (Lipinski definition) is 7. The summed E-state index contributed by atoms with van der Waals surface area (Å²) in [6.07, 6.45) is 1.50. The number of nitrogens with zero attached hydrogens (tertiary/aromatic N) is 1. The molecule has 0 fully saturated rings. The van der Waals surface area contributed by atoms with Crippen LogP contribution in [0.3, 0.4) is 0 Å². The summed E-state index contributed by atoms with van der Waals surface area (Å²) in [6.45, 7) is 1.18. The van der Waals surface area contributed by atoms with Crippen molar-refractivity contribution >= 4 is 49.7 Å². The highest BCUT2D eigenvalue weighted by molar-refractivity contribution is 7.93. The fourth-order valence-electron chi connectivity index (χ4n) is 2.35. The molecule has 0 aliphatic rings. The third-order valence-electron chi connectivity index (χ3n) is 3.65. The van der Waals surface area contributed by atoms with Gasteiger partial charge in [-0.2, -0.15) is 0 Å². The molecule has 0 radical (unpaired) electrons. The third-order valence-corrected chi connectivity index (χ3v) is 5.82. The average molecular weight is 447 g/mol. The van der Waals surface area contributed by atoms with Crippen molar-refractivity contribution in [1.82, 2.24) is 4.98 Å².